The second-order valence-electron chi connectivity index (χ2n) is 3.75. The molecule has 0 spiro atoms. The van der Waals surface area contributed by atoms with Gasteiger partial charge in [0.15, 0.2) is 9.84 Å². The predicted molar refractivity (Wildman–Crippen MR) is 76.3 cm³/mol. The van der Waals surface area contributed by atoms with Gasteiger partial charge in [0, 0.05) is 9.35 Å². The molecule has 19 heavy (non-hydrogen) atoms. The number of thiophene rings is 1. The molecule has 0 aliphatic heterocycles. The predicted octanol–water partition coefficient (Wildman–Crippen LogP) is 3.18. The van der Waals surface area contributed by atoms with Crippen LogP contribution in [0.1, 0.15) is 15.2 Å². The highest BCUT2D eigenvalue weighted by Crippen LogP contribution is 2.28. The molecular weight excluding hydrogens is 352 g/mol. The van der Waals surface area contributed by atoms with E-state index >= 15 is 0 Å². The topological polar surface area (TPSA) is 71.4 Å². The van der Waals surface area contributed by atoms with Gasteiger partial charge in [-0.25, -0.2) is 13.2 Å². The van der Waals surface area contributed by atoms with E-state index in [1.54, 1.807) is 11.4 Å². The second kappa shape index (κ2) is 5.44. The van der Waals surface area contributed by atoms with E-state index in [2.05, 4.69) is 15.9 Å². The van der Waals surface area contributed by atoms with Crippen LogP contribution in [0.3, 0.4) is 0 Å². The number of halogens is 1. The molecule has 2 rings (SSSR count). The Balaban J connectivity index is 2.46. The van der Waals surface area contributed by atoms with Crippen LogP contribution >= 0.6 is 27.3 Å². The van der Waals surface area contributed by atoms with Crippen molar-refractivity contribution in [3.05, 3.63) is 50.6 Å². The van der Waals surface area contributed by atoms with Crippen molar-refractivity contribution in [3.63, 3.8) is 0 Å². The van der Waals surface area contributed by atoms with Crippen molar-refractivity contribution in [2.45, 2.75) is 10.6 Å². The molecule has 0 aliphatic carbocycles. The number of carboxylic acids is 1. The summed E-state index contributed by atoms with van der Waals surface area (Å²) in [4.78, 5) is 11.6. The third-order valence-corrected chi connectivity index (χ3v) is 6.27. The fourth-order valence-electron chi connectivity index (χ4n) is 1.59. The van der Waals surface area contributed by atoms with Crippen LogP contribution in [0.5, 0.6) is 0 Å². The first-order valence-corrected chi connectivity index (χ1v) is 8.51. The van der Waals surface area contributed by atoms with Crippen LogP contribution in [0.25, 0.3) is 0 Å². The molecule has 7 heteroatoms. The lowest BCUT2D eigenvalue weighted by Crippen LogP contribution is -2.10. The summed E-state index contributed by atoms with van der Waals surface area (Å²) >= 11 is 4.58. The van der Waals surface area contributed by atoms with Crippen molar-refractivity contribution < 1.29 is 18.3 Å². The van der Waals surface area contributed by atoms with Crippen LogP contribution in [0.15, 0.2) is 45.1 Å². The number of benzene rings is 1. The lowest BCUT2D eigenvalue weighted by atomic mass is 10.2. The molecule has 0 aliphatic rings. The Labute approximate surface area is 122 Å². The highest BCUT2D eigenvalue weighted by Gasteiger charge is 2.23. The zero-order chi connectivity index (χ0) is 14.0. The molecule has 0 radical (unpaired) electrons. The minimum absolute atomic E-state index is 0.150. The maximum atomic E-state index is 12.3. The van der Waals surface area contributed by atoms with E-state index in [1.165, 1.54) is 35.6 Å². The minimum atomic E-state index is -3.68. The molecule has 2 aromatic rings. The van der Waals surface area contributed by atoms with E-state index in [1.807, 2.05) is 0 Å². The van der Waals surface area contributed by atoms with Crippen LogP contribution in [-0.2, 0) is 15.6 Å². The summed E-state index contributed by atoms with van der Waals surface area (Å²) in [5.41, 5.74) is -0.199. The number of rotatable bonds is 4. The third-order valence-electron chi connectivity index (χ3n) is 2.46. The number of carboxylic acid groups (broad SMARTS) is 1. The summed E-state index contributed by atoms with van der Waals surface area (Å²) in [6.45, 7) is 0. The van der Waals surface area contributed by atoms with E-state index < -0.39 is 15.8 Å². The van der Waals surface area contributed by atoms with Crippen molar-refractivity contribution in [2.24, 2.45) is 0 Å². The molecule has 0 saturated carbocycles. The number of carbonyl (C=O) groups is 1. The normalized spacial score (nSPS) is 11.4. The van der Waals surface area contributed by atoms with E-state index in [-0.39, 0.29) is 16.2 Å². The van der Waals surface area contributed by atoms with Crippen LogP contribution in [-0.4, -0.2) is 19.5 Å². The Morgan fingerprint density at radius 2 is 1.95 bits per heavy atom. The maximum absolute atomic E-state index is 12.3. The van der Waals surface area contributed by atoms with Crippen LogP contribution in [0.2, 0.25) is 0 Å². The summed E-state index contributed by atoms with van der Waals surface area (Å²) in [5, 5.41) is 10.8. The van der Waals surface area contributed by atoms with Gasteiger partial charge in [-0.2, -0.15) is 0 Å². The Morgan fingerprint density at radius 1 is 1.26 bits per heavy atom. The largest absolute Gasteiger partial charge is 0.478 e. The van der Waals surface area contributed by atoms with Gasteiger partial charge in [0.05, 0.1) is 16.2 Å². The smallest absolute Gasteiger partial charge is 0.337 e. The molecule has 0 atom stereocenters. The van der Waals surface area contributed by atoms with Crippen molar-refractivity contribution in [1.29, 1.82) is 0 Å². The highest BCUT2D eigenvalue weighted by molar-refractivity contribution is 9.10. The van der Waals surface area contributed by atoms with Gasteiger partial charge in [-0.05, 0) is 39.5 Å². The molecule has 0 bridgehead atoms. The lowest BCUT2D eigenvalue weighted by molar-refractivity contribution is 0.0692. The average Bonchev–Trinajstić information content (AvgIpc) is 2.74. The van der Waals surface area contributed by atoms with Crippen LogP contribution < -0.4 is 0 Å². The molecule has 1 heterocycles. The van der Waals surface area contributed by atoms with E-state index in [4.69, 9.17) is 5.11 Å². The van der Waals surface area contributed by atoms with Gasteiger partial charge in [0.2, 0.25) is 0 Å². The SMILES string of the molecule is O=C(O)c1ccccc1S(=O)(=O)Cc1sccc1Br. The fourth-order valence-corrected chi connectivity index (χ4v) is 5.23. The molecule has 0 fully saturated rings. The van der Waals surface area contributed by atoms with Gasteiger partial charge < -0.3 is 5.11 Å². The van der Waals surface area contributed by atoms with Gasteiger partial charge in [0.25, 0.3) is 0 Å². The van der Waals surface area contributed by atoms with Gasteiger partial charge in [0.1, 0.15) is 0 Å². The summed E-state index contributed by atoms with van der Waals surface area (Å²) in [7, 11) is -3.68. The first-order chi connectivity index (χ1) is 8.92. The summed E-state index contributed by atoms with van der Waals surface area (Å²) in [5.74, 6) is -1.46. The van der Waals surface area contributed by atoms with Crippen LogP contribution in [0.4, 0.5) is 0 Å². The summed E-state index contributed by atoms with van der Waals surface area (Å²) in [6.07, 6.45) is 0. The Kier molecular flexibility index (Phi) is 4.07. The van der Waals surface area contributed by atoms with Gasteiger partial charge in [-0.3, -0.25) is 0 Å². The van der Waals surface area contributed by atoms with E-state index in [0.29, 0.717) is 9.35 Å². The second-order valence-corrected chi connectivity index (χ2v) is 7.57. The maximum Gasteiger partial charge on any atom is 0.337 e. The molecule has 1 aromatic heterocycles. The zero-order valence-electron chi connectivity index (χ0n) is 9.54. The van der Waals surface area contributed by atoms with Crippen molar-refractivity contribution in [2.75, 3.05) is 0 Å². The van der Waals surface area contributed by atoms with Gasteiger partial charge >= 0.3 is 5.97 Å². The summed E-state index contributed by atoms with van der Waals surface area (Å²) < 4.78 is 25.3. The first kappa shape index (κ1) is 14.2. The van der Waals surface area contributed by atoms with E-state index in [0.717, 1.165) is 0 Å². The monoisotopic (exact) mass is 360 g/mol. The van der Waals surface area contributed by atoms with Gasteiger partial charge in [-0.1, -0.05) is 12.1 Å². The lowest BCUT2D eigenvalue weighted by Gasteiger charge is -2.07. The van der Waals surface area contributed by atoms with Gasteiger partial charge in [-0.15, -0.1) is 11.3 Å². The average molecular weight is 361 g/mol. The molecule has 0 amide bonds. The van der Waals surface area contributed by atoms with Crippen molar-refractivity contribution >= 4 is 43.1 Å². The van der Waals surface area contributed by atoms with Crippen molar-refractivity contribution in [1.82, 2.24) is 0 Å². The number of aromatic carboxylic acids is 1. The zero-order valence-corrected chi connectivity index (χ0v) is 12.8. The standard InChI is InChI=1S/C12H9BrO4S2/c13-9-5-6-18-10(9)7-19(16,17)11-4-2-1-3-8(11)12(14)15/h1-6H,7H2,(H,14,15). The number of sulfone groups is 1. The summed E-state index contributed by atoms with van der Waals surface area (Å²) in [6, 6.07) is 7.39. The molecule has 4 nitrogen and oxygen atoms in total. The Bertz CT molecular complexity index is 719. The Morgan fingerprint density at radius 3 is 2.53 bits per heavy atom. The van der Waals surface area contributed by atoms with Crippen LogP contribution in [0, 0.1) is 0 Å². The minimum Gasteiger partial charge on any atom is -0.478 e. The highest BCUT2D eigenvalue weighted by atomic mass is 79.9. The Hall–Kier alpha value is -1.18. The number of hydrogen-bond donors (Lipinski definition) is 1. The molecule has 100 valence electrons. The molecule has 1 aromatic carbocycles. The molecule has 1 N–H and O–H groups in total. The molecule has 0 saturated heterocycles. The van der Waals surface area contributed by atoms with E-state index in [9.17, 15) is 13.2 Å². The first-order valence-electron chi connectivity index (χ1n) is 5.19. The quantitative estimate of drug-likeness (QED) is 0.908. The van der Waals surface area contributed by atoms with Crippen molar-refractivity contribution in [3.8, 4) is 0 Å². The third kappa shape index (κ3) is 3.05. The molecule has 0 unspecified atom stereocenters. The number of hydrogen-bond acceptors (Lipinski definition) is 4. The molecular formula is C12H9BrO4S2. The fraction of sp³-hybridized carbons (Fsp3) is 0.0833.